The number of nitrogens with one attached hydrogen (secondary N) is 1. The average molecular weight is 275 g/mol. The number of aryl methyl sites for hydroxylation is 2. The van der Waals surface area contributed by atoms with Gasteiger partial charge in [-0.2, -0.15) is 0 Å². The van der Waals surface area contributed by atoms with Gasteiger partial charge in [-0.3, -0.25) is 0 Å². The van der Waals surface area contributed by atoms with E-state index in [0.717, 1.165) is 32.6 Å². The first-order chi connectivity index (χ1) is 9.32. The molecule has 1 fully saturated rings. The molecule has 0 radical (unpaired) electrons. The molecule has 1 aromatic carbocycles. The molecule has 112 valence electrons. The van der Waals surface area contributed by atoms with E-state index in [4.69, 9.17) is 4.74 Å². The summed E-state index contributed by atoms with van der Waals surface area (Å²) in [6.07, 6.45) is 2.22. The van der Waals surface area contributed by atoms with Crippen molar-refractivity contribution in [2.24, 2.45) is 0 Å². The van der Waals surface area contributed by atoms with Gasteiger partial charge in [0.2, 0.25) is 0 Å². The molecule has 0 saturated carbocycles. The summed E-state index contributed by atoms with van der Waals surface area (Å²) >= 11 is 0. The lowest BCUT2D eigenvalue weighted by molar-refractivity contribution is 0.0476. The Morgan fingerprint density at radius 3 is 2.30 bits per heavy atom. The number of ether oxygens (including phenoxy) is 1. The Kier molecular flexibility index (Phi) is 4.55. The highest BCUT2D eigenvalue weighted by Gasteiger charge is 2.35. The average Bonchev–Trinajstić information content (AvgIpc) is 2.40. The van der Waals surface area contributed by atoms with Crippen LogP contribution in [0.4, 0.5) is 0 Å². The number of hydrogen-bond acceptors (Lipinski definition) is 2. The van der Waals surface area contributed by atoms with E-state index >= 15 is 0 Å². The van der Waals surface area contributed by atoms with Gasteiger partial charge in [-0.1, -0.05) is 18.2 Å². The Bertz CT molecular complexity index is 453. The molecule has 0 bridgehead atoms. The Morgan fingerprint density at radius 1 is 1.10 bits per heavy atom. The molecular weight excluding hydrogens is 246 g/mol. The van der Waals surface area contributed by atoms with Crippen molar-refractivity contribution in [3.05, 3.63) is 34.9 Å². The molecule has 0 aromatic heterocycles. The van der Waals surface area contributed by atoms with Gasteiger partial charge in [0.15, 0.2) is 0 Å². The highest BCUT2D eigenvalue weighted by atomic mass is 16.5. The van der Waals surface area contributed by atoms with Gasteiger partial charge in [-0.15, -0.1) is 0 Å². The topological polar surface area (TPSA) is 21.3 Å². The minimum atomic E-state index is 0.158. The van der Waals surface area contributed by atoms with Crippen molar-refractivity contribution in [3.8, 4) is 0 Å². The molecule has 1 aliphatic heterocycles. The van der Waals surface area contributed by atoms with Crippen LogP contribution in [0.1, 0.15) is 50.3 Å². The second kappa shape index (κ2) is 5.87. The zero-order chi connectivity index (χ0) is 14.8. The van der Waals surface area contributed by atoms with E-state index in [2.05, 4.69) is 58.1 Å². The molecule has 1 aliphatic rings. The van der Waals surface area contributed by atoms with Crippen molar-refractivity contribution in [2.45, 2.75) is 58.4 Å². The molecule has 0 amide bonds. The van der Waals surface area contributed by atoms with Crippen LogP contribution in [-0.4, -0.2) is 25.3 Å². The van der Waals surface area contributed by atoms with Gasteiger partial charge in [0.1, 0.15) is 0 Å². The van der Waals surface area contributed by atoms with Crippen LogP contribution in [-0.2, 0) is 10.2 Å². The van der Waals surface area contributed by atoms with Crippen molar-refractivity contribution in [2.75, 3.05) is 19.8 Å². The van der Waals surface area contributed by atoms with Gasteiger partial charge in [-0.25, -0.2) is 0 Å². The van der Waals surface area contributed by atoms with E-state index < -0.39 is 0 Å². The first kappa shape index (κ1) is 15.5. The number of rotatable bonds is 3. The fraction of sp³-hybridized carbons (Fsp3) is 0.667. The van der Waals surface area contributed by atoms with Crippen molar-refractivity contribution in [3.63, 3.8) is 0 Å². The van der Waals surface area contributed by atoms with Crippen LogP contribution in [0, 0.1) is 13.8 Å². The molecule has 0 spiro atoms. The summed E-state index contributed by atoms with van der Waals surface area (Å²) in [6.45, 7) is 13.9. The summed E-state index contributed by atoms with van der Waals surface area (Å²) < 4.78 is 5.60. The lowest BCUT2D eigenvalue weighted by Crippen LogP contribution is -2.48. The molecule has 1 saturated heterocycles. The fourth-order valence-electron chi connectivity index (χ4n) is 2.84. The van der Waals surface area contributed by atoms with Crippen molar-refractivity contribution >= 4 is 0 Å². The first-order valence-corrected chi connectivity index (χ1v) is 7.73. The molecule has 0 aliphatic carbocycles. The van der Waals surface area contributed by atoms with Gasteiger partial charge >= 0.3 is 0 Å². The van der Waals surface area contributed by atoms with Crippen LogP contribution < -0.4 is 5.32 Å². The predicted octanol–water partition coefficient (Wildman–Crippen LogP) is 3.74. The molecule has 0 unspecified atom stereocenters. The molecule has 1 aromatic rings. The Morgan fingerprint density at radius 2 is 1.75 bits per heavy atom. The standard InChI is InChI=1S/C18H29NO/c1-14-6-7-16(12-15(14)2)18(8-10-20-11-9-18)13-19-17(3,4)5/h6-7,12,19H,8-11,13H2,1-5H3. The van der Waals surface area contributed by atoms with Crippen LogP contribution in [0.5, 0.6) is 0 Å². The minimum Gasteiger partial charge on any atom is -0.381 e. The Balaban J connectivity index is 2.28. The molecule has 2 nitrogen and oxygen atoms in total. The van der Waals surface area contributed by atoms with Gasteiger partial charge in [0.05, 0.1) is 0 Å². The number of hydrogen-bond donors (Lipinski definition) is 1. The summed E-state index contributed by atoms with van der Waals surface area (Å²) in [5.74, 6) is 0. The Labute approximate surface area is 123 Å². The molecular formula is C18H29NO. The van der Waals surface area contributed by atoms with Gasteiger partial charge in [-0.05, 0) is 64.2 Å². The summed E-state index contributed by atoms with van der Waals surface area (Å²) in [5.41, 5.74) is 4.62. The summed E-state index contributed by atoms with van der Waals surface area (Å²) in [7, 11) is 0. The van der Waals surface area contributed by atoms with E-state index in [1.54, 1.807) is 0 Å². The maximum Gasteiger partial charge on any atom is 0.0475 e. The Hall–Kier alpha value is -0.860. The maximum atomic E-state index is 5.60. The molecule has 20 heavy (non-hydrogen) atoms. The fourth-order valence-corrected chi connectivity index (χ4v) is 2.84. The van der Waals surface area contributed by atoms with Crippen LogP contribution in [0.15, 0.2) is 18.2 Å². The van der Waals surface area contributed by atoms with E-state index in [9.17, 15) is 0 Å². The molecule has 0 atom stereocenters. The summed E-state index contributed by atoms with van der Waals surface area (Å²) in [5, 5.41) is 3.71. The smallest absolute Gasteiger partial charge is 0.0475 e. The van der Waals surface area contributed by atoms with Crippen LogP contribution >= 0.6 is 0 Å². The minimum absolute atomic E-state index is 0.158. The summed E-state index contributed by atoms with van der Waals surface area (Å²) in [4.78, 5) is 0. The number of benzene rings is 1. The lowest BCUT2D eigenvalue weighted by atomic mass is 9.73. The predicted molar refractivity (Wildman–Crippen MR) is 85.4 cm³/mol. The largest absolute Gasteiger partial charge is 0.381 e. The third kappa shape index (κ3) is 3.62. The maximum absolute atomic E-state index is 5.60. The molecule has 1 N–H and O–H groups in total. The molecule has 2 rings (SSSR count). The first-order valence-electron chi connectivity index (χ1n) is 7.73. The van der Waals surface area contributed by atoms with Crippen LogP contribution in [0.2, 0.25) is 0 Å². The SMILES string of the molecule is Cc1ccc(C2(CNC(C)(C)C)CCOCC2)cc1C. The van der Waals surface area contributed by atoms with E-state index in [1.807, 2.05) is 0 Å². The van der Waals surface area contributed by atoms with Crippen LogP contribution in [0.25, 0.3) is 0 Å². The third-order valence-corrected chi connectivity index (χ3v) is 4.53. The lowest BCUT2D eigenvalue weighted by Gasteiger charge is -2.40. The van der Waals surface area contributed by atoms with Crippen molar-refractivity contribution in [1.82, 2.24) is 5.32 Å². The normalized spacial score (nSPS) is 19.1. The highest BCUT2D eigenvalue weighted by Crippen LogP contribution is 2.35. The van der Waals surface area contributed by atoms with E-state index in [-0.39, 0.29) is 11.0 Å². The van der Waals surface area contributed by atoms with Crippen molar-refractivity contribution in [1.29, 1.82) is 0 Å². The van der Waals surface area contributed by atoms with Gasteiger partial charge in [0.25, 0.3) is 0 Å². The van der Waals surface area contributed by atoms with Gasteiger partial charge in [0, 0.05) is 30.7 Å². The van der Waals surface area contributed by atoms with Crippen molar-refractivity contribution < 1.29 is 4.74 Å². The molecule has 2 heteroatoms. The second-order valence-electron chi connectivity index (χ2n) is 7.30. The van der Waals surface area contributed by atoms with Crippen LogP contribution in [0.3, 0.4) is 0 Å². The summed E-state index contributed by atoms with van der Waals surface area (Å²) in [6, 6.07) is 6.96. The van der Waals surface area contributed by atoms with E-state index in [0.29, 0.717) is 0 Å². The quantitative estimate of drug-likeness (QED) is 0.907. The third-order valence-electron chi connectivity index (χ3n) is 4.53. The zero-order valence-electron chi connectivity index (χ0n) is 13.7. The highest BCUT2D eigenvalue weighted by molar-refractivity contribution is 5.35. The molecule has 1 heterocycles. The van der Waals surface area contributed by atoms with E-state index in [1.165, 1.54) is 16.7 Å². The zero-order valence-corrected chi connectivity index (χ0v) is 13.7. The second-order valence-corrected chi connectivity index (χ2v) is 7.30. The monoisotopic (exact) mass is 275 g/mol. The van der Waals surface area contributed by atoms with Gasteiger partial charge < -0.3 is 10.1 Å².